The normalized spacial score (nSPS) is 14.1. The fraction of sp³-hybridized carbons (Fsp3) is 0.318. The molecule has 0 atom stereocenters. The molecule has 2 aromatic carbocycles. The van der Waals surface area contributed by atoms with Crippen molar-refractivity contribution >= 4 is 56.4 Å². The van der Waals surface area contributed by atoms with Crippen LogP contribution in [0.2, 0.25) is 0 Å². The van der Waals surface area contributed by atoms with Gasteiger partial charge in [-0.05, 0) is 52.5 Å². The lowest BCUT2D eigenvalue weighted by Crippen LogP contribution is -2.36. The molecule has 1 aromatic heterocycles. The van der Waals surface area contributed by atoms with E-state index in [0.29, 0.717) is 18.1 Å². The van der Waals surface area contributed by atoms with Gasteiger partial charge < -0.3 is 20.1 Å². The molecule has 31 heavy (non-hydrogen) atoms. The first-order valence-electron chi connectivity index (χ1n) is 9.76. The summed E-state index contributed by atoms with van der Waals surface area (Å²) in [7, 11) is 1.64. The maximum atomic E-state index is 9.81. The van der Waals surface area contributed by atoms with Crippen LogP contribution in [0.1, 0.15) is 18.4 Å². The molecule has 0 unspecified atom stereocenters. The number of aromatic nitrogens is 2. The zero-order chi connectivity index (χ0) is 21.1. The van der Waals surface area contributed by atoms with E-state index in [-0.39, 0.29) is 18.5 Å². The number of rotatable bonds is 5. The van der Waals surface area contributed by atoms with Crippen LogP contribution in [-0.2, 0) is 6.54 Å². The van der Waals surface area contributed by atoms with E-state index >= 15 is 0 Å². The minimum atomic E-state index is -0.251. The Morgan fingerprint density at radius 3 is 2.65 bits per heavy atom. The number of aliphatic hydroxyl groups is 1. The molecule has 7 nitrogen and oxygen atoms in total. The lowest BCUT2D eigenvalue weighted by molar-refractivity contribution is 0.145. The van der Waals surface area contributed by atoms with E-state index in [9.17, 15) is 5.11 Å². The molecule has 1 saturated heterocycles. The lowest BCUT2D eigenvalue weighted by atomic mass is 10.1. The van der Waals surface area contributed by atoms with Gasteiger partial charge in [0.2, 0.25) is 0 Å². The Labute approximate surface area is 195 Å². The summed E-state index contributed by atoms with van der Waals surface area (Å²) in [5.41, 5.74) is 1.62. The van der Waals surface area contributed by atoms with E-state index in [0.717, 1.165) is 58.3 Å². The third kappa shape index (κ3) is 5.01. The Balaban J connectivity index is 0.00000272. The fourth-order valence-electron chi connectivity index (χ4n) is 3.65. The number of fused-ring (bicyclic) bond motifs is 1. The van der Waals surface area contributed by atoms with E-state index in [2.05, 4.69) is 41.2 Å². The number of nitrogens with one attached hydrogen (secondary N) is 1. The first-order valence-corrected chi connectivity index (χ1v) is 10.6. The summed E-state index contributed by atoms with van der Waals surface area (Å²) in [5.74, 6) is 2.22. The van der Waals surface area contributed by atoms with Gasteiger partial charge in [0.1, 0.15) is 5.75 Å². The number of ether oxygens (including phenoxy) is 1. The summed E-state index contributed by atoms with van der Waals surface area (Å²) in [5, 5.41) is 23.9. The first kappa shape index (κ1) is 23.1. The average Bonchev–Trinajstić information content (AvgIpc) is 2.77. The Morgan fingerprint density at radius 2 is 1.97 bits per heavy atom. The highest BCUT2D eigenvalue weighted by Crippen LogP contribution is 2.33. The number of methoxy groups -OCH3 is 1. The van der Waals surface area contributed by atoms with Gasteiger partial charge in [0.25, 0.3) is 0 Å². The zero-order valence-corrected chi connectivity index (χ0v) is 19.4. The standard InChI is InChI=1S/C22H22BrN5O2.ClH/c1-24-15-4-5-17-18(12-15)21(25-13-14-3-6-20(30-2)19(23)11-14)26-27-22(17)28-9-7-16(29)8-10-28;/h3-6,11-12,16,29H,7-10,13H2,2H3,(H,25,26);1H. The van der Waals surface area contributed by atoms with E-state index in [1.807, 2.05) is 36.4 Å². The predicted octanol–water partition coefficient (Wildman–Crippen LogP) is 4.95. The van der Waals surface area contributed by atoms with Gasteiger partial charge in [-0.25, -0.2) is 4.85 Å². The number of halogens is 2. The third-order valence-corrected chi connectivity index (χ3v) is 5.93. The number of benzene rings is 2. The van der Waals surface area contributed by atoms with Gasteiger partial charge in [0, 0.05) is 30.4 Å². The lowest BCUT2D eigenvalue weighted by Gasteiger charge is -2.31. The molecule has 0 spiro atoms. The Morgan fingerprint density at radius 1 is 1.19 bits per heavy atom. The largest absolute Gasteiger partial charge is 0.496 e. The van der Waals surface area contributed by atoms with Gasteiger partial charge in [-0.3, -0.25) is 0 Å². The van der Waals surface area contributed by atoms with Crippen molar-refractivity contribution in [3.05, 3.63) is 57.9 Å². The molecular formula is C22H23BrClN5O2. The van der Waals surface area contributed by atoms with Gasteiger partial charge in [0.15, 0.2) is 17.3 Å². The molecular weight excluding hydrogens is 482 g/mol. The second-order valence-electron chi connectivity index (χ2n) is 7.25. The minimum absolute atomic E-state index is 0. The summed E-state index contributed by atoms with van der Waals surface area (Å²) in [4.78, 5) is 5.73. The maximum absolute atomic E-state index is 9.81. The number of nitrogens with zero attached hydrogens (tertiary/aromatic N) is 4. The van der Waals surface area contributed by atoms with Crippen LogP contribution in [0.4, 0.5) is 17.3 Å². The van der Waals surface area contributed by atoms with E-state index < -0.39 is 0 Å². The molecule has 9 heteroatoms. The smallest absolute Gasteiger partial charge is 0.188 e. The van der Waals surface area contributed by atoms with Gasteiger partial charge >= 0.3 is 0 Å². The molecule has 162 valence electrons. The number of aliphatic hydroxyl groups excluding tert-OH is 1. The van der Waals surface area contributed by atoms with Crippen LogP contribution in [0.15, 0.2) is 40.9 Å². The average molecular weight is 505 g/mol. The van der Waals surface area contributed by atoms with Crippen molar-refractivity contribution in [1.82, 2.24) is 10.2 Å². The van der Waals surface area contributed by atoms with Gasteiger partial charge in [-0.2, -0.15) is 0 Å². The molecule has 2 N–H and O–H groups in total. The molecule has 4 rings (SSSR count). The van der Waals surface area contributed by atoms with Crippen molar-refractivity contribution in [2.24, 2.45) is 0 Å². The van der Waals surface area contributed by atoms with Crippen LogP contribution in [-0.4, -0.2) is 41.6 Å². The Hall–Kier alpha value is -2.60. The fourth-order valence-corrected chi connectivity index (χ4v) is 4.23. The van der Waals surface area contributed by atoms with Crippen LogP contribution in [0.25, 0.3) is 15.6 Å². The van der Waals surface area contributed by atoms with Crippen molar-refractivity contribution in [1.29, 1.82) is 0 Å². The van der Waals surface area contributed by atoms with Crippen LogP contribution in [0, 0.1) is 6.57 Å². The minimum Gasteiger partial charge on any atom is -0.496 e. The topological polar surface area (TPSA) is 74.9 Å². The quantitative estimate of drug-likeness (QED) is 0.479. The molecule has 0 bridgehead atoms. The number of hydrogen-bond acceptors (Lipinski definition) is 6. The summed E-state index contributed by atoms with van der Waals surface area (Å²) in [6, 6.07) is 11.5. The summed E-state index contributed by atoms with van der Waals surface area (Å²) in [6.45, 7) is 9.41. The molecule has 2 heterocycles. The van der Waals surface area contributed by atoms with E-state index in [1.54, 1.807) is 7.11 Å². The van der Waals surface area contributed by atoms with Crippen LogP contribution >= 0.6 is 28.3 Å². The molecule has 0 saturated carbocycles. The number of hydrogen-bond donors (Lipinski definition) is 2. The Kier molecular flexibility index (Phi) is 7.55. The zero-order valence-electron chi connectivity index (χ0n) is 17.0. The van der Waals surface area contributed by atoms with Gasteiger partial charge in [-0.1, -0.05) is 18.2 Å². The summed E-state index contributed by atoms with van der Waals surface area (Å²) < 4.78 is 6.17. The Bertz CT molecular complexity index is 1110. The van der Waals surface area contributed by atoms with Gasteiger partial charge in [-0.15, -0.1) is 22.6 Å². The van der Waals surface area contributed by atoms with E-state index in [1.165, 1.54) is 0 Å². The van der Waals surface area contributed by atoms with Crippen molar-refractivity contribution in [3.63, 3.8) is 0 Å². The van der Waals surface area contributed by atoms with Gasteiger partial charge in [0.05, 0.1) is 24.3 Å². The highest BCUT2D eigenvalue weighted by atomic mass is 79.9. The number of anilines is 2. The molecule has 1 aliphatic rings. The third-order valence-electron chi connectivity index (χ3n) is 5.31. The van der Waals surface area contributed by atoms with E-state index in [4.69, 9.17) is 11.3 Å². The molecule has 3 aromatic rings. The molecule has 1 fully saturated rings. The highest BCUT2D eigenvalue weighted by molar-refractivity contribution is 9.10. The summed E-state index contributed by atoms with van der Waals surface area (Å²) >= 11 is 3.51. The second-order valence-corrected chi connectivity index (χ2v) is 8.11. The van der Waals surface area contributed by atoms with Crippen molar-refractivity contribution in [2.75, 3.05) is 30.4 Å². The second kappa shape index (κ2) is 10.1. The molecule has 0 amide bonds. The van der Waals surface area contributed by atoms with Crippen molar-refractivity contribution < 1.29 is 9.84 Å². The summed E-state index contributed by atoms with van der Waals surface area (Å²) in [6.07, 6.45) is 1.18. The monoisotopic (exact) mass is 503 g/mol. The van der Waals surface area contributed by atoms with Crippen LogP contribution in [0.3, 0.4) is 0 Å². The molecule has 0 aliphatic carbocycles. The molecule has 1 aliphatic heterocycles. The van der Waals surface area contributed by atoms with Crippen molar-refractivity contribution in [3.8, 4) is 5.75 Å². The number of piperidine rings is 1. The van der Waals surface area contributed by atoms with Crippen LogP contribution in [0.5, 0.6) is 5.75 Å². The highest BCUT2D eigenvalue weighted by Gasteiger charge is 2.21. The van der Waals surface area contributed by atoms with Crippen LogP contribution < -0.4 is 15.0 Å². The predicted molar refractivity (Wildman–Crippen MR) is 129 cm³/mol. The molecule has 0 radical (unpaired) electrons. The first-order chi connectivity index (χ1) is 14.6. The van der Waals surface area contributed by atoms with Crippen molar-refractivity contribution in [2.45, 2.75) is 25.5 Å². The SMILES string of the molecule is Cl.[C-]#[N+]c1ccc2c(N3CCC(O)CC3)nnc(NCc3ccc(OC)c(Br)c3)c2c1. The maximum Gasteiger partial charge on any atom is 0.188 e.